The summed E-state index contributed by atoms with van der Waals surface area (Å²) < 4.78 is 25.5. The highest BCUT2D eigenvalue weighted by Crippen LogP contribution is 2.37. The number of hydrogen-bond acceptors (Lipinski definition) is 5. The Morgan fingerprint density at radius 2 is 1.91 bits per heavy atom. The van der Waals surface area contributed by atoms with E-state index in [1.54, 1.807) is 31.4 Å². The number of ether oxygens (including phenoxy) is 2. The van der Waals surface area contributed by atoms with Crippen LogP contribution in [0.4, 0.5) is 10.1 Å². The summed E-state index contributed by atoms with van der Waals surface area (Å²) in [6.07, 6.45) is 2.79. The van der Waals surface area contributed by atoms with Crippen LogP contribution in [0.15, 0.2) is 70.0 Å². The van der Waals surface area contributed by atoms with E-state index in [2.05, 4.69) is 45.6 Å². The van der Waals surface area contributed by atoms with Crippen LogP contribution in [-0.4, -0.2) is 18.5 Å². The highest BCUT2D eigenvalue weighted by molar-refractivity contribution is 9.10. The molecule has 1 heterocycles. The molecule has 0 unspecified atom stereocenters. The summed E-state index contributed by atoms with van der Waals surface area (Å²) in [6.45, 7) is 2.31. The second-order valence-corrected chi connectivity index (χ2v) is 9.62. The highest BCUT2D eigenvalue weighted by atomic mass is 79.9. The highest BCUT2D eigenvalue weighted by Gasteiger charge is 2.27. The maximum Gasteiger partial charge on any atom is 0.260 e. The number of carbonyl (C=O) groups excluding carboxylic acids is 1. The first kappa shape index (κ1) is 24.2. The summed E-state index contributed by atoms with van der Waals surface area (Å²) in [5, 5.41) is 6.27. The summed E-state index contributed by atoms with van der Waals surface area (Å²) in [7, 11) is 1.55. The predicted molar refractivity (Wildman–Crippen MR) is 138 cm³/mol. The van der Waals surface area contributed by atoms with Crippen molar-refractivity contribution < 1.29 is 18.7 Å². The number of aryl methyl sites for hydroxylation is 1. The average Bonchev–Trinajstić information content (AvgIpc) is 3.18. The maximum atomic E-state index is 13.4. The standard InChI is InChI=1S/C26H24BrFN2O3S/c1-3-16-7-9-20(10-8-16)29-26-30-25(31)24(34-26)13-18-12-22(32-2)23(14-21(18)27)33-15-17-5-4-6-19(28)11-17/h4-14,26,29H,3,15H2,1-2H3,(H,30,31)/b24-13-/t26-/m1/s1. The fraction of sp³-hybridized carbons (Fsp3) is 0.192. The van der Waals surface area contributed by atoms with Crippen molar-refractivity contribution in [2.75, 3.05) is 12.4 Å². The molecule has 1 amide bonds. The molecule has 0 bridgehead atoms. The number of amides is 1. The number of hydrogen-bond donors (Lipinski definition) is 2. The Balaban J connectivity index is 1.47. The monoisotopic (exact) mass is 542 g/mol. The van der Waals surface area contributed by atoms with Crippen molar-refractivity contribution in [2.24, 2.45) is 0 Å². The molecule has 176 valence electrons. The van der Waals surface area contributed by atoms with E-state index in [0.29, 0.717) is 22.0 Å². The SMILES string of the molecule is CCc1ccc(N[C@@H]2NC(=O)/C(=C/c3cc(OC)c(OCc4cccc(F)c4)cc3Br)S2)cc1. The van der Waals surface area contributed by atoms with E-state index in [1.807, 2.05) is 18.2 Å². The van der Waals surface area contributed by atoms with E-state index >= 15 is 0 Å². The second-order valence-electron chi connectivity index (χ2n) is 7.62. The molecule has 2 N–H and O–H groups in total. The number of methoxy groups -OCH3 is 1. The molecule has 1 aliphatic rings. The maximum absolute atomic E-state index is 13.4. The van der Waals surface area contributed by atoms with E-state index in [1.165, 1.54) is 29.5 Å². The van der Waals surface area contributed by atoms with Crippen LogP contribution in [0.2, 0.25) is 0 Å². The van der Waals surface area contributed by atoms with Gasteiger partial charge in [-0.05, 0) is 65.6 Å². The Labute approximate surface area is 210 Å². The van der Waals surface area contributed by atoms with Gasteiger partial charge in [0.1, 0.15) is 12.4 Å². The fourth-order valence-electron chi connectivity index (χ4n) is 3.42. The van der Waals surface area contributed by atoms with Crippen LogP contribution in [0.3, 0.4) is 0 Å². The van der Waals surface area contributed by atoms with Gasteiger partial charge in [-0.25, -0.2) is 4.39 Å². The van der Waals surface area contributed by atoms with Crippen LogP contribution >= 0.6 is 27.7 Å². The van der Waals surface area contributed by atoms with Crippen molar-refractivity contribution in [3.8, 4) is 11.5 Å². The predicted octanol–water partition coefficient (Wildman–Crippen LogP) is 6.34. The topological polar surface area (TPSA) is 59.6 Å². The molecule has 34 heavy (non-hydrogen) atoms. The molecule has 8 heteroatoms. The van der Waals surface area contributed by atoms with Gasteiger partial charge in [0, 0.05) is 10.2 Å². The zero-order valence-electron chi connectivity index (χ0n) is 18.7. The quantitative estimate of drug-likeness (QED) is 0.325. The summed E-state index contributed by atoms with van der Waals surface area (Å²) >= 11 is 4.98. The molecule has 0 saturated carbocycles. The lowest BCUT2D eigenvalue weighted by atomic mass is 10.1. The first-order valence-corrected chi connectivity index (χ1v) is 12.4. The molecule has 1 atom stereocenters. The van der Waals surface area contributed by atoms with Crippen molar-refractivity contribution >= 4 is 45.4 Å². The Morgan fingerprint density at radius 3 is 2.62 bits per heavy atom. The zero-order valence-corrected chi connectivity index (χ0v) is 21.1. The molecule has 4 rings (SSSR count). The van der Waals surface area contributed by atoms with Gasteiger partial charge in [-0.3, -0.25) is 4.79 Å². The van der Waals surface area contributed by atoms with Gasteiger partial charge in [0.05, 0.1) is 12.0 Å². The van der Waals surface area contributed by atoms with Gasteiger partial charge >= 0.3 is 0 Å². The van der Waals surface area contributed by atoms with Crippen molar-refractivity contribution in [1.29, 1.82) is 0 Å². The molecular formula is C26H24BrFN2O3S. The van der Waals surface area contributed by atoms with Gasteiger partial charge in [-0.1, -0.05) is 58.9 Å². The molecule has 0 spiro atoms. The van der Waals surface area contributed by atoms with Crippen LogP contribution in [0, 0.1) is 5.82 Å². The summed E-state index contributed by atoms with van der Waals surface area (Å²) in [5.74, 6) is 0.569. The average molecular weight is 543 g/mol. The van der Waals surface area contributed by atoms with Gasteiger partial charge < -0.3 is 20.1 Å². The molecule has 1 fully saturated rings. The van der Waals surface area contributed by atoms with Gasteiger partial charge in [-0.15, -0.1) is 0 Å². The van der Waals surface area contributed by atoms with E-state index in [-0.39, 0.29) is 23.8 Å². The summed E-state index contributed by atoms with van der Waals surface area (Å²) in [6, 6.07) is 18.0. The van der Waals surface area contributed by atoms with Crippen molar-refractivity contribution in [1.82, 2.24) is 5.32 Å². The van der Waals surface area contributed by atoms with Crippen LogP contribution in [0.1, 0.15) is 23.6 Å². The third kappa shape index (κ3) is 5.93. The summed E-state index contributed by atoms with van der Waals surface area (Å²) in [4.78, 5) is 13.1. The van der Waals surface area contributed by atoms with Crippen molar-refractivity contribution in [3.63, 3.8) is 0 Å². The van der Waals surface area contributed by atoms with E-state index in [0.717, 1.165) is 22.1 Å². The van der Waals surface area contributed by atoms with E-state index < -0.39 is 0 Å². The number of anilines is 1. The summed E-state index contributed by atoms with van der Waals surface area (Å²) in [5.41, 5.74) is 3.43. The van der Waals surface area contributed by atoms with Gasteiger partial charge in [0.2, 0.25) is 0 Å². The molecule has 0 radical (unpaired) electrons. The number of nitrogens with one attached hydrogen (secondary N) is 2. The Morgan fingerprint density at radius 1 is 1.12 bits per heavy atom. The van der Waals surface area contributed by atoms with Crippen molar-refractivity contribution in [3.05, 3.63) is 92.5 Å². The van der Waals surface area contributed by atoms with Gasteiger partial charge in [0.15, 0.2) is 17.0 Å². The van der Waals surface area contributed by atoms with Crippen LogP contribution in [0.5, 0.6) is 11.5 Å². The second kappa shape index (κ2) is 11.0. The van der Waals surface area contributed by atoms with E-state index in [4.69, 9.17) is 9.47 Å². The molecule has 5 nitrogen and oxygen atoms in total. The molecule has 0 aliphatic carbocycles. The zero-order chi connectivity index (χ0) is 24.1. The molecule has 3 aromatic rings. The van der Waals surface area contributed by atoms with E-state index in [9.17, 15) is 9.18 Å². The minimum Gasteiger partial charge on any atom is -0.493 e. The first-order chi connectivity index (χ1) is 16.4. The van der Waals surface area contributed by atoms with Crippen LogP contribution < -0.4 is 20.1 Å². The molecule has 1 aliphatic heterocycles. The third-order valence-corrected chi connectivity index (χ3v) is 6.96. The van der Waals surface area contributed by atoms with Crippen molar-refractivity contribution in [2.45, 2.75) is 25.4 Å². The molecular weight excluding hydrogens is 519 g/mol. The smallest absolute Gasteiger partial charge is 0.260 e. The molecule has 1 saturated heterocycles. The van der Waals surface area contributed by atoms with Crippen LogP contribution in [0.25, 0.3) is 6.08 Å². The minimum absolute atomic E-state index is 0.148. The number of thioether (sulfide) groups is 1. The van der Waals surface area contributed by atoms with Crippen LogP contribution in [-0.2, 0) is 17.8 Å². The Kier molecular flexibility index (Phi) is 7.80. The lowest BCUT2D eigenvalue weighted by Crippen LogP contribution is -2.30. The first-order valence-electron chi connectivity index (χ1n) is 10.7. The Hall–Kier alpha value is -2.97. The number of carbonyl (C=O) groups is 1. The fourth-order valence-corrected chi connectivity index (χ4v) is 4.83. The largest absolute Gasteiger partial charge is 0.493 e. The lowest BCUT2D eigenvalue weighted by molar-refractivity contribution is -0.116. The third-order valence-electron chi connectivity index (χ3n) is 5.24. The molecule has 3 aromatic carbocycles. The minimum atomic E-state index is -0.311. The number of halogens is 2. The lowest BCUT2D eigenvalue weighted by Gasteiger charge is -2.13. The normalized spacial score (nSPS) is 16.4. The van der Waals surface area contributed by atoms with Gasteiger partial charge in [-0.2, -0.15) is 0 Å². The number of rotatable bonds is 8. The Bertz CT molecular complexity index is 1220. The van der Waals surface area contributed by atoms with Gasteiger partial charge in [0.25, 0.3) is 5.91 Å². The molecule has 0 aromatic heterocycles. The number of benzene rings is 3.